The molecule has 0 aliphatic heterocycles. The van der Waals surface area contributed by atoms with E-state index in [0.29, 0.717) is 16.3 Å². The maximum Gasteiger partial charge on any atom is 0.305 e. The minimum Gasteiger partial charge on any atom is -0.481 e. The van der Waals surface area contributed by atoms with Crippen LogP contribution in [0.2, 0.25) is 5.02 Å². The molecule has 2 rings (SSSR count). The van der Waals surface area contributed by atoms with Gasteiger partial charge in [-0.15, -0.1) is 0 Å². The number of benzene rings is 2. The normalized spacial score (nSPS) is 12.3. The number of aliphatic carboxylic acids is 1. The predicted octanol–water partition coefficient (Wildman–Crippen LogP) is 5.32. The lowest BCUT2D eigenvalue weighted by molar-refractivity contribution is -0.139. The fourth-order valence-electron chi connectivity index (χ4n) is 2.86. The van der Waals surface area contributed by atoms with Gasteiger partial charge in [0.05, 0.1) is 12.5 Å². The third-order valence-corrected chi connectivity index (χ3v) is 4.45. The lowest BCUT2D eigenvalue weighted by Crippen LogP contribution is -2.35. The first-order valence-corrected chi connectivity index (χ1v) is 8.87. The summed E-state index contributed by atoms with van der Waals surface area (Å²) in [6.45, 7) is 7.27. The van der Waals surface area contributed by atoms with Crippen LogP contribution in [0.4, 0.5) is 0 Å². The second-order valence-corrected chi connectivity index (χ2v) is 6.69. The standard InChI is InChI=1S/C22H22ClNO3/c1-15(2)24(20(14-21(25)26)17-9-5-4-6-10-17)22(27)16(3)13-18-11-7-8-12-19(18)23/h4-13,20H,1,14H2,2-3H3,(H,25,26)/b16-13+/t20-/m1/s1. The van der Waals surface area contributed by atoms with E-state index in [0.717, 1.165) is 11.1 Å². The number of carboxylic acids is 1. The molecule has 0 heterocycles. The van der Waals surface area contributed by atoms with Crippen LogP contribution in [-0.2, 0) is 9.59 Å². The quantitative estimate of drug-likeness (QED) is 0.658. The highest BCUT2D eigenvalue weighted by Crippen LogP contribution is 2.30. The fraction of sp³-hybridized carbons (Fsp3) is 0.182. The topological polar surface area (TPSA) is 57.6 Å². The van der Waals surface area contributed by atoms with Crippen LogP contribution in [0, 0.1) is 0 Å². The smallest absolute Gasteiger partial charge is 0.305 e. The van der Waals surface area contributed by atoms with Gasteiger partial charge in [0.2, 0.25) is 0 Å². The molecule has 1 atom stereocenters. The molecule has 27 heavy (non-hydrogen) atoms. The van der Waals surface area contributed by atoms with E-state index in [4.69, 9.17) is 11.6 Å². The summed E-state index contributed by atoms with van der Waals surface area (Å²) in [5.41, 5.74) is 2.38. The lowest BCUT2D eigenvalue weighted by Gasteiger charge is -2.32. The van der Waals surface area contributed by atoms with E-state index in [1.807, 2.05) is 48.5 Å². The van der Waals surface area contributed by atoms with E-state index in [-0.39, 0.29) is 12.3 Å². The second kappa shape index (κ2) is 9.19. The van der Waals surface area contributed by atoms with E-state index in [2.05, 4.69) is 6.58 Å². The molecule has 0 saturated carbocycles. The number of allylic oxidation sites excluding steroid dienone is 1. The monoisotopic (exact) mass is 383 g/mol. The van der Waals surface area contributed by atoms with Crippen molar-refractivity contribution in [3.8, 4) is 0 Å². The summed E-state index contributed by atoms with van der Waals surface area (Å²) in [7, 11) is 0. The molecule has 0 spiro atoms. The van der Waals surface area contributed by atoms with Crippen LogP contribution in [0.25, 0.3) is 6.08 Å². The molecule has 0 aromatic heterocycles. The fourth-order valence-corrected chi connectivity index (χ4v) is 3.05. The van der Waals surface area contributed by atoms with Gasteiger partial charge in [-0.1, -0.05) is 66.7 Å². The van der Waals surface area contributed by atoms with Gasteiger partial charge in [0.15, 0.2) is 0 Å². The minimum atomic E-state index is -0.990. The first-order chi connectivity index (χ1) is 12.8. The molecule has 2 aromatic rings. The van der Waals surface area contributed by atoms with Crippen molar-refractivity contribution in [3.63, 3.8) is 0 Å². The molecule has 0 saturated heterocycles. The SMILES string of the molecule is C=C(C)N(C(=O)/C(C)=C/c1ccccc1Cl)[C@H](CC(=O)O)c1ccccc1. The molecule has 1 N–H and O–H groups in total. The van der Waals surface area contributed by atoms with Crippen molar-refractivity contribution in [2.75, 3.05) is 0 Å². The molecular formula is C22H22ClNO3. The van der Waals surface area contributed by atoms with Gasteiger partial charge >= 0.3 is 5.97 Å². The van der Waals surface area contributed by atoms with Crippen LogP contribution < -0.4 is 0 Å². The van der Waals surface area contributed by atoms with Crippen molar-refractivity contribution in [3.05, 3.63) is 88.6 Å². The van der Waals surface area contributed by atoms with Crippen molar-refractivity contribution < 1.29 is 14.7 Å². The van der Waals surface area contributed by atoms with Crippen LogP contribution in [0.3, 0.4) is 0 Å². The Balaban J connectivity index is 2.44. The van der Waals surface area contributed by atoms with Crippen LogP contribution in [0.15, 0.2) is 72.4 Å². The molecule has 0 aliphatic rings. The van der Waals surface area contributed by atoms with E-state index in [1.54, 1.807) is 26.0 Å². The highest BCUT2D eigenvalue weighted by molar-refractivity contribution is 6.32. The van der Waals surface area contributed by atoms with Gasteiger partial charge in [-0.3, -0.25) is 9.59 Å². The van der Waals surface area contributed by atoms with Crippen molar-refractivity contribution in [1.29, 1.82) is 0 Å². The van der Waals surface area contributed by atoms with Crippen molar-refractivity contribution >= 4 is 29.6 Å². The third-order valence-electron chi connectivity index (χ3n) is 4.11. The Morgan fingerprint density at radius 3 is 2.26 bits per heavy atom. The summed E-state index contributed by atoms with van der Waals surface area (Å²) < 4.78 is 0. The number of halogens is 1. The number of amides is 1. The summed E-state index contributed by atoms with van der Waals surface area (Å²) in [5, 5.41) is 9.91. The zero-order valence-corrected chi connectivity index (χ0v) is 16.1. The molecule has 1 amide bonds. The number of hydrogen-bond donors (Lipinski definition) is 1. The molecule has 4 nitrogen and oxygen atoms in total. The molecule has 0 unspecified atom stereocenters. The molecule has 0 radical (unpaired) electrons. The van der Waals surface area contributed by atoms with E-state index < -0.39 is 12.0 Å². The Kier molecular flexibility index (Phi) is 6.97. The molecule has 2 aromatic carbocycles. The van der Waals surface area contributed by atoms with Gasteiger partial charge in [-0.2, -0.15) is 0 Å². The number of nitrogens with zero attached hydrogens (tertiary/aromatic N) is 1. The molecule has 140 valence electrons. The van der Waals surface area contributed by atoms with Crippen molar-refractivity contribution in [2.24, 2.45) is 0 Å². The Labute approximate surface area is 164 Å². The van der Waals surface area contributed by atoms with Crippen LogP contribution in [-0.4, -0.2) is 21.9 Å². The summed E-state index contributed by atoms with van der Waals surface area (Å²) in [5.74, 6) is -1.30. The van der Waals surface area contributed by atoms with Crippen molar-refractivity contribution in [2.45, 2.75) is 26.3 Å². The largest absolute Gasteiger partial charge is 0.481 e. The van der Waals surface area contributed by atoms with Gasteiger partial charge < -0.3 is 10.0 Å². The molecule has 5 heteroatoms. The highest BCUT2D eigenvalue weighted by Gasteiger charge is 2.28. The van der Waals surface area contributed by atoms with Gasteiger partial charge in [0, 0.05) is 16.3 Å². The maximum atomic E-state index is 13.2. The summed E-state index contributed by atoms with van der Waals surface area (Å²) >= 11 is 6.18. The second-order valence-electron chi connectivity index (χ2n) is 6.28. The first-order valence-electron chi connectivity index (χ1n) is 8.50. The Morgan fingerprint density at radius 1 is 1.11 bits per heavy atom. The molecule has 0 bridgehead atoms. The molecular weight excluding hydrogens is 362 g/mol. The van der Waals surface area contributed by atoms with E-state index >= 15 is 0 Å². The number of rotatable bonds is 7. The summed E-state index contributed by atoms with van der Waals surface area (Å²) in [4.78, 5) is 26.0. The van der Waals surface area contributed by atoms with Gasteiger partial charge in [0.25, 0.3) is 5.91 Å². The van der Waals surface area contributed by atoms with Crippen LogP contribution >= 0.6 is 11.6 Å². The number of hydrogen-bond acceptors (Lipinski definition) is 2. The number of carbonyl (C=O) groups is 2. The van der Waals surface area contributed by atoms with Gasteiger partial charge in [-0.05, 0) is 37.1 Å². The number of carbonyl (C=O) groups excluding carboxylic acids is 1. The average Bonchev–Trinajstić information content (AvgIpc) is 2.63. The Hall–Kier alpha value is -2.85. The predicted molar refractivity (Wildman–Crippen MR) is 108 cm³/mol. The van der Waals surface area contributed by atoms with E-state index in [9.17, 15) is 14.7 Å². The maximum absolute atomic E-state index is 13.2. The average molecular weight is 384 g/mol. The van der Waals surface area contributed by atoms with Gasteiger partial charge in [0.1, 0.15) is 0 Å². The van der Waals surface area contributed by atoms with Crippen molar-refractivity contribution in [1.82, 2.24) is 4.90 Å². The number of carboxylic acid groups (broad SMARTS) is 1. The van der Waals surface area contributed by atoms with Crippen LogP contribution in [0.5, 0.6) is 0 Å². The van der Waals surface area contributed by atoms with E-state index in [1.165, 1.54) is 4.90 Å². The first kappa shape index (κ1) is 20.5. The minimum absolute atomic E-state index is 0.220. The third kappa shape index (κ3) is 5.31. The lowest BCUT2D eigenvalue weighted by atomic mass is 10.00. The Bertz CT molecular complexity index is 874. The molecule has 0 fully saturated rings. The highest BCUT2D eigenvalue weighted by atomic mass is 35.5. The molecule has 0 aliphatic carbocycles. The van der Waals surface area contributed by atoms with Crippen LogP contribution in [0.1, 0.15) is 37.4 Å². The van der Waals surface area contributed by atoms with Gasteiger partial charge in [-0.25, -0.2) is 0 Å². The summed E-state index contributed by atoms with van der Waals surface area (Å²) in [6.07, 6.45) is 1.48. The summed E-state index contributed by atoms with van der Waals surface area (Å²) in [6, 6.07) is 15.7. The Morgan fingerprint density at radius 2 is 1.70 bits per heavy atom. The zero-order chi connectivity index (χ0) is 20.0. The zero-order valence-electron chi connectivity index (χ0n) is 15.4.